The van der Waals surface area contributed by atoms with Crippen LogP contribution in [0.1, 0.15) is 67.6 Å². The summed E-state index contributed by atoms with van der Waals surface area (Å²) in [5.41, 5.74) is 9.11. The number of aryl methyl sites for hydroxylation is 3. The molecule has 0 bridgehead atoms. The second-order valence-electron chi connectivity index (χ2n) is 22.9. The van der Waals surface area contributed by atoms with Crippen molar-refractivity contribution in [3.8, 4) is 22.5 Å². The molecular weight excluding hydrogens is 1200 g/mol. The summed E-state index contributed by atoms with van der Waals surface area (Å²) in [4.78, 5) is 68.8. The molecule has 0 atom stereocenters. The maximum atomic E-state index is 13.2. The summed E-state index contributed by atoms with van der Waals surface area (Å²) >= 11 is 5.55. The quantitative estimate of drug-likeness (QED) is 0.128. The number of rotatable bonds is 4. The molecule has 3 saturated heterocycles. The molecule has 3 fully saturated rings. The minimum Gasteiger partial charge on any atom is -0.441 e. The van der Waals surface area contributed by atoms with Crippen molar-refractivity contribution in [2.45, 2.75) is 81.9 Å². The van der Waals surface area contributed by atoms with Gasteiger partial charge in [0.1, 0.15) is 50.3 Å². The lowest BCUT2D eigenvalue weighted by Gasteiger charge is -2.34. The predicted molar refractivity (Wildman–Crippen MR) is 360 cm³/mol. The Morgan fingerprint density at radius 2 is 0.902 bits per heavy atom. The summed E-state index contributed by atoms with van der Waals surface area (Å²) in [6.45, 7) is 22.3. The average Bonchev–Trinajstić information content (AvgIpc) is 1.24. The fraction of sp³-hybridized carbons (Fsp3) is 0.328. The van der Waals surface area contributed by atoms with Gasteiger partial charge in [0.2, 0.25) is 0 Å². The number of aromatic nitrogens is 9. The molecule has 0 saturated carbocycles. The van der Waals surface area contributed by atoms with Crippen LogP contribution in [0, 0.1) is 32.4 Å². The first-order valence-corrected chi connectivity index (χ1v) is 29.3. The highest BCUT2D eigenvalue weighted by Gasteiger charge is 2.51. The molecule has 12 heterocycles. The van der Waals surface area contributed by atoms with Gasteiger partial charge in [-0.3, -0.25) is 27.6 Å². The van der Waals surface area contributed by atoms with Crippen LogP contribution in [-0.4, -0.2) is 138 Å². The number of oxazole rings is 3. The average molecular weight is 1280 g/mol. The first kappa shape index (κ1) is 68.9. The molecule has 0 amide bonds. The maximum Gasteiger partial charge on any atom is 0.494 e. The number of hydrogen-bond acceptors (Lipinski definition) is 18. The second-order valence-corrected chi connectivity index (χ2v) is 23.3. The van der Waals surface area contributed by atoms with Crippen LogP contribution in [0.25, 0.3) is 72.8 Å². The van der Waals surface area contributed by atoms with Gasteiger partial charge >= 0.3 is 7.12 Å². The van der Waals surface area contributed by atoms with Crippen molar-refractivity contribution in [3.05, 3.63) is 193 Å². The highest BCUT2D eigenvalue weighted by atomic mass is 35.5. The molecular formula is C67H77BClF2N13O8. The predicted octanol–water partition coefficient (Wildman–Crippen LogP) is 10.9. The third kappa shape index (κ3) is 15.6. The molecule has 92 heavy (non-hydrogen) atoms. The molecule has 21 nitrogen and oxygen atoms in total. The van der Waals surface area contributed by atoms with Gasteiger partial charge in [-0.05, 0) is 120 Å². The summed E-state index contributed by atoms with van der Waals surface area (Å²) < 4.78 is 58.5. The van der Waals surface area contributed by atoms with Crippen LogP contribution >= 0.6 is 11.6 Å². The number of pyridine rings is 3. The lowest BCUT2D eigenvalue weighted by Crippen LogP contribution is -2.44. The minimum atomic E-state index is -0.487. The number of benzene rings is 3. The molecule has 0 spiro atoms. The minimum absolute atomic E-state index is 0. The van der Waals surface area contributed by atoms with Crippen molar-refractivity contribution >= 4 is 80.1 Å². The molecule has 15 rings (SSSR count). The normalized spacial score (nSPS) is 15.3. The molecule has 3 aromatic carbocycles. The number of halogens is 3. The first-order valence-electron chi connectivity index (χ1n) is 28.9. The van der Waals surface area contributed by atoms with Crippen LogP contribution in [0.5, 0.6) is 0 Å². The Balaban J connectivity index is 0.000000154. The molecule has 12 aromatic rings. The van der Waals surface area contributed by atoms with Crippen LogP contribution in [0.2, 0.25) is 5.15 Å². The summed E-state index contributed by atoms with van der Waals surface area (Å²) in [7, 11) is 3.92. The van der Waals surface area contributed by atoms with Crippen molar-refractivity contribution in [1.29, 1.82) is 0 Å². The van der Waals surface area contributed by atoms with Crippen LogP contribution in [0.3, 0.4) is 0 Å². The Hall–Kier alpha value is -9.04. The Morgan fingerprint density at radius 3 is 1.37 bits per heavy atom. The molecule has 0 radical (unpaired) electrons. The number of anilines is 1. The molecule has 0 unspecified atom stereocenters. The first-order chi connectivity index (χ1) is 42.5. The number of hydrogen-bond donors (Lipinski definition) is 1. The van der Waals surface area contributed by atoms with E-state index in [1.54, 1.807) is 23.5 Å². The van der Waals surface area contributed by atoms with Crippen LogP contribution in [0.4, 0.5) is 14.5 Å². The van der Waals surface area contributed by atoms with Gasteiger partial charge in [-0.1, -0.05) is 52.1 Å². The van der Waals surface area contributed by atoms with Gasteiger partial charge in [-0.25, -0.2) is 38.7 Å². The van der Waals surface area contributed by atoms with Crippen molar-refractivity contribution in [1.82, 2.24) is 58.2 Å². The largest absolute Gasteiger partial charge is 0.494 e. The maximum absolute atomic E-state index is 13.2. The van der Waals surface area contributed by atoms with E-state index in [4.69, 9.17) is 39.1 Å². The van der Waals surface area contributed by atoms with Gasteiger partial charge in [0, 0.05) is 121 Å². The summed E-state index contributed by atoms with van der Waals surface area (Å²) in [5.74, 6) is 0.895. The highest BCUT2D eigenvalue weighted by molar-refractivity contribution is 6.62. The topological polar surface area (TPSA) is 221 Å². The van der Waals surface area contributed by atoms with E-state index in [1.165, 1.54) is 47.8 Å². The van der Waals surface area contributed by atoms with E-state index in [1.807, 2.05) is 108 Å². The summed E-state index contributed by atoms with van der Waals surface area (Å²) in [6, 6.07) is 30.4. The molecule has 3 aliphatic heterocycles. The second kappa shape index (κ2) is 28.6. The van der Waals surface area contributed by atoms with Gasteiger partial charge in [-0.15, -0.1) is 0 Å². The van der Waals surface area contributed by atoms with Gasteiger partial charge in [0.05, 0.1) is 28.3 Å². The Bertz CT molecular complexity index is 4750. The monoisotopic (exact) mass is 1280 g/mol. The molecule has 1 N–H and O–H groups in total. The van der Waals surface area contributed by atoms with Crippen molar-refractivity contribution < 1.29 is 31.3 Å². The Labute approximate surface area is 536 Å². The van der Waals surface area contributed by atoms with E-state index >= 15 is 0 Å². The van der Waals surface area contributed by atoms with E-state index in [0.29, 0.717) is 57.2 Å². The fourth-order valence-corrected chi connectivity index (χ4v) is 10.3. The Kier molecular flexibility index (Phi) is 21.4. The zero-order chi connectivity index (χ0) is 62.9. The van der Waals surface area contributed by atoms with Crippen LogP contribution in [0.15, 0.2) is 155 Å². The lowest BCUT2D eigenvalue weighted by atomic mass is 9.79. The van der Waals surface area contributed by atoms with Crippen molar-refractivity contribution in [2.75, 3.05) is 71.4 Å². The third-order valence-corrected chi connectivity index (χ3v) is 15.9. The number of nitrogens with zero attached hydrogens (tertiary/aromatic N) is 12. The fourth-order valence-electron chi connectivity index (χ4n) is 10.1. The summed E-state index contributed by atoms with van der Waals surface area (Å²) in [6.07, 6.45) is 4.08. The Morgan fingerprint density at radius 1 is 0.489 bits per heavy atom. The van der Waals surface area contributed by atoms with E-state index in [-0.39, 0.29) is 56.9 Å². The van der Waals surface area contributed by atoms with Crippen LogP contribution in [-0.2, 0) is 9.31 Å². The smallest absolute Gasteiger partial charge is 0.441 e. The summed E-state index contributed by atoms with van der Waals surface area (Å²) in [5, 5.41) is 3.38. The number of piperazine rings is 2. The van der Waals surface area contributed by atoms with Crippen molar-refractivity contribution in [3.63, 3.8) is 0 Å². The lowest BCUT2D eigenvalue weighted by molar-refractivity contribution is 0.00578. The van der Waals surface area contributed by atoms with E-state index in [2.05, 4.69) is 59.0 Å². The van der Waals surface area contributed by atoms with Gasteiger partial charge in [-0.2, -0.15) is 0 Å². The zero-order valence-corrected chi connectivity index (χ0v) is 51.4. The molecule has 3 aliphatic rings. The number of fused-ring (bicyclic) bond motifs is 6. The van der Waals surface area contributed by atoms with E-state index in [9.17, 15) is 23.2 Å². The van der Waals surface area contributed by atoms with Gasteiger partial charge in [0.25, 0.3) is 16.7 Å². The molecule has 0 aliphatic carbocycles. The molecule has 9 aromatic heterocycles. The van der Waals surface area contributed by atoms with Gasteiger partial charge < -0.3 is 42.6 Å². The third-order valence-electron chi connectivity index (χ3n) is 15.7. The number of likely N-dealkylation sites (N-methyl/N-ethyl adjacent to an activating group) is 2. The van der Waals surface area contributed by atoms with Gasteiger partial charge in [0.15, 0.2) is 34.4 Å². The number of nitrogens with one attached hydrogen (secondary N) is 1. The van der Waals surface area contributed by atoms with E-state index in [0.717, 1.165) is 107 Å². The van der Waals surface area contributed by atoms with Crippen LogP contribution < -0.4 is 32.4 Å². The highest BCUT2D eigenvalue weighted by Crippen LogP contribution is 2.37. The molecule has 482 valence electrons. The zero-order valence-electron chi connectivity index (χ0n) is 50.6. The van der Waals surface area contributed by atoms with Crippen molar-refractivity contribution in [2.24, 2.45) is 0 Å². The molecule has 25 heteroatoms. The SMILES string of the molecule is C.C.C.CN1CCNCC1.Cc1nc2ccc(-c3cc(=O)n4cc(F)ccc4n3)cc2o1.Cc1nc2ccc(-c3cc(=O)n4cc(N5CCN(C)CC5)ccc4n3)cc2o1.Cc1nc2ccc(B3OC(C)(C)C(C)(C)O3)cc2o1.O=c1cc(Cl)nc2ccc(F)cn12. The standard InChI is InChI=1S/C21H21N5O2.C16H10FN3O2.C14H18BNO3.C8H4ClFN2O.C5H12N2.3CH4/c1-14-22-17-5-3-15(11-19(17)28-14)18-12-21(27)26-13-16(4-6-20(26)23-18)25-9-7-24(2)8-10-25;1-9-18-12-4-2-10(6-14(12)22-9)13-7-16(21)20-8-11(17)3-5-15(20)19-13;1-9-16-11-7-6-10(8-12(11)17-9)15-18-13(2,3)14(4,5)19-15;9-6-3-8(13)12-4-5(10)1-2-7(12)11-6;1-7-4-2-6-3-5-7;;;/h3-6,11-13H,7-10H2,1-2H3;2-8H,1H3;6-8H,1-5H3;1-4H;6H,2-5H2,1H3;3*1H4. The van der Waals surface area contributed by atoms with E-state index < -0.39 is 17.2 Å².